The summed E-state index contributed by atoms with van der Waals surface area (Å²) in [6.07, 6.45) is 6.11. The molecular formula is C41H48N2O3. The van der Waals surface area contributed by atoms with Crippen molar-refractivity contribution in [3.8, 4) is 17.2 Å². The Morgan fingerprint density at radius 2 is 0.957 bits per heavy atom. The number of hydrogen-bond donors (Lipinski definition) is 0. The van der Waals surface area contributed by atoms with E-state index in [4.69, 9.17) is 14.2 Å². The summed E-state index contributed by atoms with van der Waals surface area (Å²) in [5.41, 5.74) is 7.23. The Morgan fingerprint density at radius 3 is 1.41 bits per heavy atom. The van der Waals surface area contributed by atoms with Gasteiger partial charge in [0.1, 0.15) is 37.1 Å². The van der Waals surface area contributed by atoms with Gasteiger partial charge in [-0.25, -0.2) is 0 Å². The minimum atomic E-state index is 0.556. The van der Waals surface area contributed by atoms with E-state index in [9.17, 15) is 0 Å². The first-order valence-electron chi connectivity index (χ1n) is 17.2. The lowest BCUT2D eigenvalue weighted by Crippen LogP contribution is -2.25. The van der Waals surface area contributed by atoms with Crippen LogP contribution in [0.15, 0.2) is 103 Å². The number of nitrogens with zero attached hydrogens (tertiary/aromatic N) is 2. The highest BCUT2D eigenvalue weighted by molar-refractivity contribution is 5.98. The normalized spacial score (nSPS) is 15.2. The lowest BCUT2D eigenvalue weighted by atomic mass is 9.88. The number of rotatable bonds is 15. The predicted octanol–water partition coefficient (Wildman–Crippen LogP) is 8.58. The topological polar surface area (TPSA) is 34.2 Å². The van der Waals surface area contributed by atoms with Crippen LogP contribution in [0.2, 0.25) is 0 Å². The molecule has 2 saturated heterocycles. The molecule has 0 saturated carbocycles. The maximum absolute atomic E-state index is 6.15. The smallest absolute Gasteiger partial charge is 0.119 e. The van der Waals surface area contributed by atoms with Crippen molar-refractivity contribution in [1.29, 1.82) is 0 Å². The third kappa shape index (κ3) is 8.80. The highest BCUT2D eigenvalue weighted by Gasteiger charge is 2.16. The maximum atomic E-state index is 6.15. The molecule has 0 bridgehead atoms. The quantitative estimate of drug-likeness (QED) is 0.125. The van der Waals surface area contributed by atoms with E-state index in [0.717, 1.165) is 55.5 Å². The third-order valence-corrected chi connectivity index (χ3v) is 9.14. The molecule has 6 rings (SSSR count). The van der Waals surface area contributed by atoms with Gasteiger partial charge in [-0.1, -0.05) is 73.7 Å². The molecule has 0 spiro atoms. The predicted molar refractivity (Wildman–Crippen MR) is 189 cm³/mol. The van der Waals surface area contributed by atoms with Crippen LogP contribution in [0.25, 0.3) is 11.1 Å². The molecule has 5 nitrogen and oxygen atoms in total. The Kier molecular flexibility index (Phi) is 11.4. The molecule has 0 atom stereocenters. The van der Waals surface area contributed by atoms with Crippen LogP contribution in [0.4, 0.5) is 0 Å². The molecule has 2 aliphatic rings. The molecule has 4 aromatic carbocycles. The van der Waals surface area contributed by atoms with Crippen molar-refractivity contribution < 1.29 is 14.2 Å². The van der Waals surface area contributed by atoms with Crippen molar-refractivity contribution in [3.05, 3.63) is 125 Å². The van der Waals surface area contributed by atoms with Crippen molar-refractivity contribution in [1.82, 2.24) is 9.80 Å². The average molecular weight is 617 g/mol. The fraction of sp³-hybridized carbons (Fsp3) is 0.366. The number of ether oxygens (including phenoxy) is 3. The zero-order valence-electron chi connectivity index (χ0n) is 27.3. The minimum absolute atomic E-state index is 0.556. The number of hydrogen-bond acceptors (Lipinski definition) is 5. The van der Waals surface area contributed by atoms with Gasteiger partial charge in [-0.3, -0.25) is 9.80 Å². The molecule has 2 heterocycles. The summed E-state index contributed by atoms with van der Waals surface area (Å²) < 4.78 is 18.4. The molecule has 0 amide bonds. The Labute approximate surface area is 275 Å². The largest absolute Gasteiger partial charge is 0.492 e. The van der Waals surface area contributed by atoms with Gasteiger partial charge in [-0.05, 0) is 128 Å². The van der Waals surface area contributed by atoms with Crippen molar-refractivity contribution in [2.75, 3.05) is 52.5 Å². The van der Waals surface area contributed by atoms with Crippen LogP contribution in [-0.2, 0) is 6.61 Å². The first-order chi connectivity index (χ1) is 22.7. The van der Waals surface area contributed by atoms with Crippen molar-refractivity contribution in [2.45, 2.75) is 45.6 Å². The van der Waals surface area contributed by atoms with Gasteiger partial charge < -0.3 is 14.2 Å². The molecule has 2 fully saturated rings. The van der Waals surface area contributed by atoms with Crippen LogP contribution >= 0.6 is 0 Å². The maximum Gasteiger partial charge on any atom is 0.119 e. The number of allylic oxidation sites excluding steroid dienone is 1. The third-order valence-electron chi connectivity index (χ3n) is 9.14. The molecule has 4 aromatic rings. The Bertz CT molecular complexity index is 1440. The summed E-state index contributed by atoms with van der Waals surface area (Å²) in [7, 11) is 0. The molecule has 0 unspecified atom stereocenters. The van der Waals surface area contributed by atoms with Crippen LogP contribution in [0.3, 0.4) is 0 Å². The van der Waals surface area contributed by atoms with Gasteiger partial charge in [0.05, 0.1) is 0 Å². The standard InChI is InChI=1S/C41H48N2O3/c1-2-40(34-12-18-39(19-13-34)46-32-33-10-4-3-5-11-33)41(35-14-20-37(21-15-35)44-30-28-42-24-6-7-25-42)36-16-22-38(23-17-36)45-31-29-43-26-8-9-27-43/h3-5,10-23H,2,6-9,24-32H2,1H3. The number of likely N-dealkylation sites (tertiary alicyclic amines) is 2. The molecule has 240 valence electrons. The Balaban J connectivity index is 1.21. The summed E-state index contributed by atoms with van der Waals surface area (Å²) in [5.74, 6) is 2.71. The summed E-state index contributed by atoms with van der Waals surface area (Å²) in [6.45, 7) is 11.0. The van der Waals surface area contributed by atoms with Crippen LogP contribution in [0.1, 0.15) is 61.3 Å². The summed E-state index contributed by atoms with van der Waals surface area (Å²) in [4.78, 5) is 4.97. The summed E-state index contributed by atoms with van der Waals surface area (Å²) >= 11 is 0. The van der Waals surface area contributed by atoms with Crippen LogP contribution in [-0.4, -0.2) is 62.3 Å². The minimum Gasteiger partial charge on any atom is -0.492 e. The van der Waals surface area contributed by atoms with Crippen molar-refractivity contribution >= 4 is 11.1 Å². The second kappa shape index (κ2) is 16.5. The van der Waals surface area contributed by atoms with Crippen molar-refractivity contribution in [2.24, 2.45) is 0 Å². The van der Waals surface area contributed by atoms with E-state index in [1.54, 1.807) is 0 Å². The van der Waals surface area contributed by atoms with Gasteiger partial charge in [0.25, 0.3) is 0 Å². The highest BCUT2D eigenvalue weighted by Crippen LogP contribution is 2.36. The van der Waals surface area contributed by atoms with E-state index >= 15 is 0 Å². The van der Waals surface area contributed by atoms with E-state index in [1.165, 1.54) is 79.7 Å². The zero-order valence-corrected chi connectivity index (χ0v) is 27.3. The van der Waals surface area contributed by atoms with Gasteiger partial charge >= 0.3 is 0 Å². The van der Waals surface area contributed by atoms with Gasteiger partial charge in [-0.15, -0.1) is 0 Å². The Morgan fingerprint density at radius 1 is 0.522 bits per heavy atom. The lowest BCUT2D eigenvalue weighted by molar-refractivity contribution is 0.237. The second-order valence-electron chi connectivity index (χ2n) is 12.3. The van der Waals surface area contributed by atoms with Crippen LogP contribution in [0.5, 0.6) is 17.2 Å². The molecule has 0 aromatic heterocycles. The molecular weight excluding hydrogens is 568 g/mol. The van der Waals surface area contributed by atoms with E-state index in [0.29, 0.717) is 6.61 Å². The average Bonchev–Trinajstić information content (AvgIpc) is 3.83. The summed E-state index contributed by atoms with van der Waals surface area (Å²) in [5, 5.41) is 0. The van der Waals surface area contributed by atoms with Gasteiger partial charge in [0, 0.05) is 13.1 Å². The first-order valence-corrected chi connectivity index (χ1v) is 17.2. The monoisotopic (exact) mass is 616 g/mol. The SMILES string of the molecule is CCC(=C(c1ccc(OCCN2CCCC2)cc1)c1ccc(OCCN2CCCC2)cc1)c1ccc(OCc2ccccc2)cc1. The van der Waals surface area contributed by atoms with Gasteiger partial charge in [-0.2, -0.15) is 0 Å². The first kappa shape index (κ1) is 31.9. The van der Waals surface area contributed by atoms with E-state index in [-0.39, 0.29) is 0 Å². The molecule has 0 N–H and O–H groups in total. The molecule has 5 heteroatoms. The second-order valence-corrected chi connectivity index (χ2v) is 12.3. The molecule has 46 heavy (non-hydrogen) atoms. The molecule has 0 aliphatic carbocycles. The van der Waals surface area contributed by atoms with Crippen LogP contribution < -0.4 is 14.2 Å². The van der Waals surface area contributed by atoms with Gasteiger partial charge in [0.2, 0.25) is 0 Å². The van der Waals surface area contributed by atoms with Crippen molar-refractivity contribution in [3.63, 3.8) is 0 Å². The van der Waals surface area contributed by atoms with E-state index < -0.39 is 0 Å². The molecule has 0 radical (unpaired) electrons. The lowest BCUT2D eigenvalue weighted by Gasteiger charge is -2.18. The van der Waals surface area contributed by atoms with E-state index in [1.807, 2.05) is 18.2 Å². The summed E-state index contributed by atoms with van der Waals surface area (Å²) in [6, 6.07) is 36.1. The van der Waals surface area contributed by atoms with Gasteiger partial charge in [0.15, 0.2) is 0 Å². The molecule has 2 aliphatic heterocycles. The van der Waals surface area contributed by atoms with Crippen LogP contribution in [0, 0.1) is 0 Å². The van der Waals surface area contributed by atoms with E-state index in [2.05, 4.69) is 102 Å². The zero-order chi connectivity index (χ0) is 31.4. The fourth-order valence-electron chi connectivity index (χ4n) is 6.57. The highest BCUT2D eigenvalue weighted by atomic mass is 16.5. The number of benzene rings is 4. The fourth-order valence-corrected chi connectivity index (χ4v) is 6.57. The Hall–Kier alpha value is -4.06.